The van der Waals surface area contributed by atoms with Crippen LogP contribution in [0.1, 0.15) is 53.9 Å². The first-order valence-corrected chi connectivity index (χ1v) is 8.03. The van der Waals surface area contributed by atoms with Crippen molar-refractivity contribution in [2.75, 3.05) is 46.0 Å². The predicted molar refractivity (Wildman–Crippen MR) is 90.5 cm³/mol. The smallest absolute Gasteiger partial charge is 0.319 e. The number of carbonyl (C=O) groups excluding carboxylic acids is 1. The molecule has 5 heteroatoms. The van der Waals surface area contributed by atoms with Gasteiger partial charge < -0.3 is 15.4 Å². The van der Waals surface area contributed by atoms with E-state index in [1.54, 1.807) is 0 Å². The summed E-state index contributed by atoms with van der Waals surface area (Å²) in [5.41, 5.74) is 0. The summed E-state index contributed by atoms with van der Waals surface area (Å²) in [7, 11) is 0. The summed E-state index contributed by atoms with van der Waals surface area (Å²) in [6, 6.07) is 0. The summed E-state index contributed by atoms with van der Waals surface area (Å²) in [5.74, 6) is -0.142. The fourth-order valence-corrected chi connectivity index (χ4v) is 1.81. The first-order chi connectivity index (χ1) is 9.74. The Morgan fingerprint density at radius 1 is 1.24 bits per heavy atom. The van der Waals surface area contributed by atoms with Gasteiger partial charge in [0.25, 0.3) is 0 Å². The summed E-state index contributed by atoms with van der Waals surface area (Å²) < 4.78 is 4.93. The van der Waals surface area contributed by atoms with Crippen molar-refractivity contribution < 1.29 is 9.53 Å². The molecular formula is C16H37N3O2. The molecule has 1 aliphatic rings. The Hall–Kier alpha value is -0.650. The van der Waals surface area contributed by atoms with Crippen molar-refractivity contribution in [3.05, 3.63) is 0 Å². The standard InChI is InChI=1S/C9H19NO2.C6H14N2.CH4/c1-3-5-7-12-9(11)8-10-6-4-2;1-2-4-8-5-3-7-6-8;/h10H,3-8H2,1-2H3;7H,2-6H2,1H3;1H4. The molecule has 0 saturated carbocycles. The van der Waals surface area contributed by atoms with Gasteiger partial charge in [0, 0.05) is 19.8 Å². The molecule has 0 atom stereocenters. The molecule has 2 N–H and O–H groups in total. The maximum absolute atomic E-state index is 10.9. The molecule has 1 aliphatic heterocycles. The number of hydrogen-bond donors (Lipinski definition) is 2. The van der Waals surface area contributed by atoms with E-state index in [0.717, 1.165) is 32.5 Å². The van der Waals surface area contributed by atoms with Gasteiger partial charge in [0.2, 0.25) is 0 Å². The van der Waals surface area contributed by atoms with E-state index in [-0.39, 0.29) is 13.4 Å². The largest absolute Gasteiger partial charge is 0.465 e. The van der Waals surface area contributed by atoms with Crippen molar-refractivity contribution in [1.82, 2.24) is 15.5 Å². The number of ether oxygens (including phenoxy) is 1. The van der Waals surface area contributed by atoms with E-state index in [1.165, 1.54) is 26.1 Å². The third-order valence-corrected chi connectivity index (χ3v) is 2.94. The third-order valence-electron chi connectivity index (χ3n) is 2.94. The highest BCUT2D eigenvalue weighted by Gasteiger charge is 2.07. The highest BCUT2D eigenvalue weighted by molar-refractivity contribution is 5.71. The van der Waals surface area contributed by atoms with Gasteiger partial charge in [-0.05, 0) is 32.4 Å². The highest BCUT2D eigenvalue weighted by atomic mass is 16.5. The maximum atomic E-state index is 10.9. The number of nitrogens with zero attached hydrogens (tertiary/aromatic N) is 1. The average molecular weight is 303 g/mol. The lowest BCUT2D eigenvalue weighted by molar-refractivity contribution is -0.142. The van der Waals surface area contributed by atoms with Crippen LogP contribution < -0.4 is 10.6 Å². The molecular weight excluding hydrogens is 266 g/mol. The van der Waals surface area contributed by atoms with E-state index in [4.69, 9.17) is 4.74 Å². The maximum Gasteiger partial charge on any atom is 0.319 e. The molecule has 1 saturated heterocycles. The van der Waals surface area contributed by atoms with Crippen LogP contribution in [0.5, 0.6) is 0 Å². The van der Waals surface area contributed by atoms with Gasteiger partial charge in [0.05, 0.1) is 13.2 Å². The van der Waals surface area contributed by atoms with E-state index in [1.807, 2.05) is 0 Å². The van der Waals surface area contributed by atoms with Gasteiger partial charge in [-0.3, -0.25) is 9.69 Å². The van der Waals surface area contributed by atoms with E-state index in [9.17, 15) is 4.79 Å². The van der Waals surface area contributed by atoms with Crippen LogP contribution >= 0.6 is 0 Å². The molecule has 1 fully saturated rings. The Kier molecular flexibility index (Phi) is 18.8. The Bertz CT molecular complexity index is 208. The zero-order chi connectivity index (χ0) is 15.1. The lowest BCUT2D eigenvalue weighted by atomic mass is 10.4. The fraction of sp³-hybridized carbons (Fsp3) is 0.938. The zero-order valence-corrected chi connectivity index (χ0v) is 13.5. The van der Waals surface area contributed by atoms with Crippen LogP contribution in [0, 0.1) is 0 Å². The second-order valence-corrected chi connectivity index (χ2v) is 5.03. The molecule has 0 amide bonds. The van der Waals surface area contributed by atoms with Crippen LogP contribution in [0.2, 0.25) is 0 Å². The minimum absolute atomic E-state index is 0. The van der Waals surface area contributed by atoms with E-state index >= 15 is 0 Å². The Labute approximate surface area is 131 Å². The van der Waals surface area contributed by atoms with Crippen molar-refractivity contribution in [3.63, 3.8) is 0 Å². The van der Waals surface area contributed by atoms with Gasteiger partial charge in [0.1, 0.15) is 0 Å². The number of hydrogen-bond acceptors (Lipinski definition) is 5. The molecule has 0 unspecified atom stereocenters. The summed E-state index contributed by atoms with van der Waals surface area (Å²) in [6.45, 7) is 12.9. The molecule has 0 bridgehead atoms. The Morgan fingerprint density at radius 2 is 2.00 bits per heavy atom. The number of carbonyl (C=O) groups is 1. The lowest BCUT2D eigenvalue weighted by Crippen LogP contribution is -2.25. The monoisotopic (exact) mass is 303 g/mol. The van der Waals surface area contributed by atoms with Crippen LogP contribution in [0.3, 0.4) is 0 Å². The van der Waals surface area contributed by atoms with Crippen LogP contribution in [0.15, 0.2) is 0 Å². The van der Waals surface area contributed by atoms with Gasteiger partial charge >= 0.3 is 5.97 Å². The van der Waals surface area contributed by atoms with Crippen LogP contribution in [-0.2, 0) is 9.53 Å². The molecule has 1 heterocycles. The Balaban J connectivity index is 0. The van der Waals surface area contributed by atoms with Gasteiger partial charge in [0.15, 0.2) is 0 Å². The molecule has 0 radical (unpaired) electrons. The second-order valence-electron chi connectivity index (χ2n) is 5.03. The fourth-order valence-electron chi connectivity index (χ4n) is 1.81. The van der Waals surface area contributed by atoms with Crippen molar-refractivity contribution in [2.24, 2.45) is 0 Å². The number of nitrogens with one attached hydrogen (secondary N) is 2. The topological polar surface area (TPSA) is 53.6 Å². The molecule has 21 heavy (non-hydrogen) atoms. The van der Waals surface area contributed by atoms with Gasteiger partial charge in [-0.1, -0.05) is 34.6 Å². The third kappa shape index (κ3) is 15.6. The Morgan fingerprint density at radius 3 is 2.52 bits per heavy atom. The van der Waals surface area contributed by atoms with Crippen molar-refractivity contribution in [2.45, 2.75) is 53.9 Å². The van der Waals surface area contributed by atoms with Crippen molar-refractivity contribution in [3.8, 4) is 0 Å². The van der Waals surface area contributed by atoms with Gasteiger partial charge in [-0.2, -0.15) is 0 Å². The highest BCUT2D eigenvalue weighted by Crippen LogP contribution is 1.92. The number of esters is 1. The molecule has 0 spiro atoms. The molecule has 0 aliphatic carbocycles. The molecule has 0 aromatic carbocycles. The van der Waals surface area contributed by atoms with Crippen LogP contribution in [-0.4, -0.2) is 56.9 Å². The average Bonchev–Trinajstić information content (AvgIpc) is 2.94. The van der Waals surface area contributed by atoms with Gasteiger partial charge in [-0.15, -0.1) is 0 Å². The first-order valence-electron chi connectivity index (χ1n) is 8.03. The molecule has 0 aromatic rings. The summed E-state index contributed by atoms with van der Waals surface area (Å²) >= 11 is 0. The number of rotatable bonds is 9. The molecule has 128 valence electrons. The minimum Gasteiger partial charge on any atom is -0.465 e. The molecule has 5 nitrogen and oxygen atoms in total. The zero-order valence-electron chi connectivity index (χ0n) is 13.5. The van der Waals surface area contributed by atoms with Crippen LogP contribution in [0.4, 0.5) is 0 Å². The lowest BCUT2D eigenvalue weighted by Gasteiger charge is -2.10. The van der Waals surface area contributed by atoms with E-state index < -0.39 is 0 Å². The van der Waals surface area contributed by atoms with Crippen molar-refractivity contribution in [1.29, 1.82) is 0 Å². The molecule has 0 aromatic heterocycles. The van der Waals surface area contributed by atoms with Gasteiger partial charge in [-0.25, -0.2) is 0 Å². The van der Waals surface area contributed by atoms with E-state index in [2.05, 4.69) is 36.3 Å². The first kappa shape index (κ1) is 22.6. The predicted octanol–water partition coefficient (Wildman–Crippen LogP) is 2.22. The van der Waals surface area contributed by atoms with E-state index in [0.29, 0.717) is 13.2 Å². The summed E-state index contributed by atoms with van der Waals surface area (Å²) in [6.07, 6.45) is 4.35. The van der Waals surface area contributed by atoms with Crippen LogP contribution in [0.25, 0.3) is 0 Å². The SMILES string of the molecule is C.CCCCOC(=O)CNCCC.CCCN1CCNC1. The second kappa shape index (κ2) is 17.4. The molecule has 1 rings (SSSR count). The number of unbranched alkanes of at least 4 members (excludes halogenated alkanes) is 1. The summed E-state index contributed by atoms with van der Waals surface area (Å²) in [5, 5.41) is 6.27. The normalized spacial score (nSPS) is 14.0. The quantitative estimate of drug-likeness (QED) is 0.505. The summed E-state index contributed by atoms with van der Waals surface area (Å²) in [4.78, 5) is 13.3. The van der Waals surface area contributed by atoms with Crippen molar-refractivity contribution >= 4 is 5.97 Å². The minimum atomic E-state index is -0.142.